The SMILES string of the molecule is CCCC1(O)CN(C(=O)c2ccc(-c3nnco3)cc2)C1. The minimum Gasteiger partial charge on any atom is -0.423 e. The highest BCUT2D eigenvalue weighted by molar-refractivity contribution is 5.95. The van der Waals surface area contributed by atoms with Gasteiger partial charge in [0.25, 0.3) is 5.91 Å². The maximum atomic E-state index is 12.3. The molecule has 1 aliphatic rings. The Bertz CT molecular complexity index is 616. The highest BCUT2D eigenvalue weighted by atomic mass is 16.4. The highest BCUT2D eigenvalue weighted by Crippen LogP contribution is 2.27. The van der Waals surface area contributed by atoms with E-state index in [2.05, 4.69) is 10.2 Å². The molecule has 21 heavy (non-hydrogen) atoms. The number of likely N-dealkylation sites (tertiary alicyclic amines) is 1. The van der Waals surface area contributed by atoms with Crippen LogP contribution in [0.3, 0.4) is 0 Å². The summed E-state index contributed by atoms with van der Waals surface area (Å²) in [6.07, 6.45) is 2.91. The summed E-state index contributed by atoms with van der Waals surface area (Å²) >= 11 is 0. The Kier molecular flexibility index (Phi) is 3.47. The van der Waals surface area contributed by atoms with E-state index in [1.165, 1.54) is 6.39 Å². The lowest BCUT2D eigenvalue weighted by Gasteiger charge is -2.46. The topological polar surface area (TPSA) is 79.5 Å². The molecule has 1 aromatic heterocycles. The third-order valence-corrected chi connectivity index (χ3v) is 3.71. The molecule has 1 saturated heterocycles. The van der Waals surface area contributed by atoms with Crippen molar-refractivity contribution in [3.8, 4) is 11.5 Å². The Balaban J connectivity index is 1.67. The zero-order chi connectivity index (χ0) is 14.9. The van der Waals surface area contributed by atoms with Gasteiger partial charge >= 0.3 is 0 Å². The number of aliphatic hydroxyl groups is 1. The van der Waals surface area contributed by atoms with Crippen LogP contribution in [0.1, 0.15) is 30.1 Å². The lowest BCUT2D eigenvalue weighted by molar-refractivity contribution is -0.0860. The molecule has 0 aliphatic carbocycles. The highest BCUT2D eigenvalue weighted by Gasteiger charge is 2.42. The number of carbonyl (C=O) groups is 1. The summed E-state index contributed by atoms with van der Waals surface area (Å²) < 4.78 is 5.10. The second kappa shape index (κ2) is 5.29. The van der Waals surface area contributed by atoms with Crippen molar-refractivity contribution >= 4 is 5.91 Å². The second-order valence-corrected chi connectivity index (χ2v) is 5.46. The first-order valence-corrected chi connectivity index (χ1v) is 6.99. The van der Waals surface area contributed by atoms with Crippen molar-refractivity contribution in [3.63, 3.8) is 0 Å². The zero-order valence-corrected chi connectivity index (χ0v) is 11.8. The summed E-state index contributed by atoms with van der Waals surface area (Å²) in [6, 6.07) is 7.02. The smallest absolute Gasteiger partial charge is 0.254 e. The van der Waals surface area contributed by atoms with Gasteiger partial charge in [0.15, 0.2) is 0 Å². The maximum absolute atomic E-state index is 12.3. The van der Waals surface area contributed by atoms with Gasteiger partial charge in [-0.05, 0) is 30.7 Å². The zero-order valence-electron chi connectivity index (χ0n) is 11.8. The molecule has 0 bridgehead atoms. The van der Waals surface area contributed by atoms with Crippen molar-refractivity contribution in [2.24, 2.45) is 0 Å². The van der Waals surface area contributed by atoms with E-state index in [1.54, 1.807) is 29.2 Å². The lowest BCUT2D eigenvalue weighted by Crippen LogP contribution is -2.63. The van der Waals surface area contributed by atoms with Crippen LogP contribution in [0.15, 0.2) is 35.1 Å². The molecule has 0 spiro atoms. The number of amides is 1. The van der Waals surface area contributed by atoms with E-state index < -0.39 is 5.60 Å². The van der Waals surface area contributed by atoms with Crippen molar-refractivity contribution in [2.45, 2.75) is 25.4 Å². The molecule has 2 heterocycles. The summed E-state index contributed by atoms with van der Waals surface area (Å²) in [7, 11) is 0. The van der Waals surface area contributed by atoms with Gasteiger partial charge in [-0.1, -0.05) is 13.3 Å². The van der Waals surface area contributed by atoms with Crippen molar-refractivity contribution in [2.75, 3.05) is 13.1 Å². The average Bonchev–Trinajstić information content (AvgIpc) is 2.98. The average molecular weight is 287 g/mol. The fraction of sp³-hybridized carbons (Fsp3) is 0.400. The molecular weight excluding hydrogens is 270 g/mol. The number of hydrogen-bond donors (Lipinski definition) is 1. The minimum absolute atomic E-state index is 0.0622. The first-order chi connectivity index (χ1) is 10.1. The van der Waals surface area contributed by atoms with Crippen LogP contribution in [0.2, 0.25) is 0 Å². The molecule has 0 unspecified atom stereocenters. The molecule has 6 heteroatoms. The monoisotopic (exact) mass is 287 g/mol. The van der Waals surface area contributed by atoms with E-state index >= 15 is 0 Å². The van der Waals surface area contributed by atoms with E-state index in [9.17, 15) is 9.90 Å². The van der Waals surface area contributed by atoms with Crippen LogP contribution in [0.25, 0.3) is 11.5 Å². The molecular formula is C15H17N3O3. The van der Waals surface area contributed by atoms with Crippen molar-refractivity contribution < 1.29 is 14.3 Å². The Morgan fingerprint density at radius 2 is 2.10 bits per heavy atom. The van der Waals surface area contributed by atoms with Crippen LogP contribution < -0.4 is 0 Å². The normalized spacial score (nSPS) is 16.6. The van der Waals surface area contributed by atoms with E-state index in [4.69, 9.17) is 4.42 Å². The molecule has 1 aromatic carbocycles. The molecule has 1 amide bonds. The summed E-state index contributed by atoms with van der Waals surface area (Å²) in [5, 5.41) is 17.6. The van der Waals surface area contributed by atoms with Gasteiger partial charge in [-0.2, -0.15) is 0 Å². The standard InChI is InChI=1S/C15H17N3O3/c1-2-7-15(20)8-18(9-15)14(19)12-5-3-11(4-6-12)13-17-16-10-21-13/h3-6,10,20H,2,7-9H2,1H3. The van der Waals surface area contributed by atoms with E-state index in [0.29, 0.717) is 24.5 Å². The Hall–Kier alpha value is -2.21. The predicted molar refractivity (Wildman–Crippen MR) is 75.5 cm³/mol. The van der Waals surface area contributed by atoms with Gasteiger partial charge in [-0.25, -0.2) is 0 Å². The molecule has 0 saturated carbocycles. The third-order valence-electron chi connectivity index (χ3n) is 3.71. The van der Waals surface area contributed by atoms with Crippen LogP contribution in [-0.2, 0) is 0 Å². The third kappa shape index (κ3) is 2.67. The fourth-order valence-corrected chi connectivity index (χ4v) is 2.67. The molecule has 1 fully saturated rings. The van der Waals surface area contributed by atoms with E-state index in [0.717, 1.165) is 18.4 Å². The van der Waals surface area contributed by atoms with E-state index in [1.807, 2.05) is 6.92 Å². The maximum Gasteiger partial charge on any atom is 0.254 e. The molecule has 0 atom stereocenters. The first-order valence-electron chi connectivity index (χ1n) is 6.99. The summed E-state index contributed by atoms with van der Waals surface area (Å²) in [4.78, 5) is 13.9. The van der Waals surface area contributed by atoms with Gasteiger partial charge in [0.1, 0.15) is 0 Å². The fourth-order valence-electron chi connectivity index (χ4n) is 2.67. The number of rotatable bonds is 4. The van der Waals surface area contributed by atoms with Crippen LogP contribution >= 0.6 is 0 Å². The van der Waals surface area contributed by atoms with Crippen molar-refractivity contribution in [3.05, 3.63) is 36.2 Å². The van der Waals surface area contributed by atoms with Crippen LogP contribution in [0.4, 0.5) is 0 Å². The first kappa shape index (κ1) is 13.8. The summed E-state index contributed by atoms with van der Waals surface area (Å²) in [5.41, 5.74) is 0.667. The molecule has 0 radical (unpaired) electrons. The Morgan fingerprint density at radius 3 is 2.67 bits per heavy atom. The number of β-amino-alcohol motifs (C(OH)–C–C–N with tert-alkyl or cyclic N) is 1. The molecule has 3 rings (SSSR count). The van der Waals surface area contributed by atoms with Crippen LogP contribution in [0.5, 0.6) is 0 Å². The van der Waals surface area contributed by atoms with Crippen molar-refractivity contribution in [1.82, 2.24) is 15.1 Å². The number of carbonyl (C=O) groups excluding carboxylic acids is 1. The molecule has 1 N–H and O–H groups in total. The summed E-state index contributed by atoms with van der Waals surface area (Å²) in [5.74, 6) is 0.364. The molecule has 2 aromatic rings. The number of hydrogen-bond acceptors (Lipinski definition) is 5. The van der Waals surface area contributed by atoms with Gasteiger partial charge in [0.2, 0.25) is 12.3 Å². The number of aromatic nitrogens is 2. The predicted octanol–water partition coefficient (Wildman–Crippen LogP) is 1.72. The lowest BCUT2D eigenvalue weighted by atomic mass is 9.88. The van der Waals surface area contributed by atoms with Crippen LogP contribution in [0, 0.1) is 0 Å². The van der Waals surface area contributed by atoms with Gasteiger partial charge in [0.05, 0.1) is 18.7 Å². The van der Waals surface area contributed by atoms with Gasteiger partial charge in [-0.15, -0.1) is 10.2 Å². The minimum atomic E-state index is -0.700. The molecule has 6 nitrogen and oxygen atoms in total. The molecule has 110 valence electrons. The second-order valence-electron chi connectivity index (χ2n) is 5.46. The van der Waals surface area contributed by atoms with Gasteiger partial charge < -0.3 is 14.4 Å². The Labute approximate surface area is 122 Å². The van der Waals surface area contributed by atoms with E-state index in [-0.39, 0.29) is 5.91 Å². The molecule has 1 aliphatic heterocycles. The van der Waals surface area contributed by atoms with Crippen LogP contribution in [-0.4, -0.2) is 44.8 Å². The number of benzene rings is 1. The largest absolute Gasteiger partial charge is 0.423 e. The number of nitrogens with zero attached hydrogens (tertiary/aromatic N) is 3. The Morgan fingerprint density at radius 1 is 1.38 bits per heavy atom. The quantitative estimate of drug-likeness (QED) is 0.926. The van der Waals surface area contributed by atoms with Gasteiger partial charge in [0, 0.05) is 11.1 Å². The van der Waals surface area contributed by atoms with Gasteiger partial charge in [-0.3, -0.25) is 4.79 Å². The summed E-state index contributed by atoms with van der Waals surface area (Å²) in [6.45, 7) is 2.84. The van der Waals surface area contributed by atoms with Crippen molar-refractivity contribution in [1.29, 1.82) is 0 Å².